The van der Waals surface area contributed by atoms with E-state index in [9.17, 15) is 0 Å². The van der Waals surface area contributed by atoms with E-state index in [1.165, 1.54) is 25.7 Å². The van der Waals surface area contributed by atoms with Crippen molar-refractivity contribution in [1.29, 1.82) is 0 Å². The first kappa shape index (κ1) is 20.5. The number of aliphatic imine (C=N–C) groups is 1. The molecule has 1 aliphatic carbocycles. The van der Waals surface area contributed by atoms with Gasteiger partial charge >= 0.3 is 0 Å². The molecule has 1 aliphatic rings. The van der Waals surface area contributed by atoms with E-state index >= 15 is 0 Å². The van der Waals surface area contributed by atoms with Crippen LogP contribution in [0.15, 0.2) is 23.3 Å². The van der Waals surface area contributed by atoms with Crippen LogP contribution in [-0.2, 0) is 11.3 Å². The molecule has 0 aromatic carbocycles. The van der Waals surface area contributed by atoms with Gasteiger partial charge < -0.3 is 20.1 Å². The highest BCUT2D eigenvalue weighted by atomic mass is 16.5. The maximum Gasteiger partial charge on any atom is 0.218 e. The highest BCUT2D eigenvalue weighted by Gasteiger charge is 2.23. The van der Waals surface area contributed by atoms with Gasteiger partial charge in [0.2, 0.25) is 5.88 Å². The Hall–Kier alpha value is -1.82. The Morgan fingerprint density at radius 3 is 2.69 bits per heavy atom. The van der Waals surface area contributed by atoms with E-state index < -0.39 is 0 Å². The topological polar surface area (TPSA) is 67.8 Å². The molecule has 6 nitrogen and oxygen atoms in total. The lowest BCUT2D eigenvalue weighted by Gasteiger charge is -2.32. The predicted molar refractivity (Wildman–Crippen MR) is 106 cm³/mol. The standard InChI is InChI=1S/C20H34N4O2/c1-15(2)16-7-9-18(10-8-16)24-20(21-3)23-14-17-6-5-11-22-19(17)26-13-12-25-4/h5-6,11,15-16,18H,7-10,12-14H2,1-4H3,(H2,21,23,24). The highest BCUT2D eigenvalue weighted by Crippen LogP contribution is 2.29. The van der Waals surface area contributed by atoms with Crippen LogP contribution in [0, 0.1) is 11.8 Å². The summed E-state index contributed by atoms with van der Waals surface area (Å²) in [6.07, 6.45) is 6.76. The summed E-state index contributed by atoms with van der Waals surface area (Å²) in [7, 11) is 3.48. The zero-order valence-corrected chi connectivity index (χ0v) is 16.6. The molecular formula is C20H34N4O2. The molecule has 0 atom stereocenters. The Bertz CT molecular complexity index is 554. The van der Waals surface area contributed by atoms with Crippen LogP contribution < -0.4 is 15.4 Å². The molecule has 1 heterocycles. The summed E-state index contributed by atoms with van der Waals surface area (Å²) >= 11 is 0. The lowest BCUT2D eigenvalue weighted by molar-refractivity contribution is 0.143. The molecule has 1 aromatic rings. The second-order valence-corrected chi connectivity index (χ2v) is 7.23. The normalized spacial score (nSPS) is 20.9. The second kappa shape index (κ2) is 11.0. The Morgan fingerprint density at radius 1 is 1.27 bits per heavy atom. The average molecular weight is 363 g/mol. The molecule has 0 aliphatic heterocycles. The van der Waals surface area contributed by atoms with Crippen molar-refractivity contribution in [1.82, 2.24) is 15.6 Å². The molecule has 146 valence electrons. The zero-order valence-electron chi connectivity index (χ0n) is 16.6. The van der Waals surface area contributed by atoms with Gasteiger partial charge in [0.25, 0.3) is 0 Å². The molecule has 2 N–H and O–H groups in total. The first-order valence-electron chi connectivity index (χ1n) is 9.66. The number of nitrogens with one attached hydrogen (secondary N) is 2. The van der Waals surface area contributed by atoms with Crippen molar-refractivity contribution < 1.29 is 9.47 Å². The monoisotopic (exact) mass is 362 g/mol. The van der Waals surface area contributed by atoms with Crippen LogP contribution in [0.5, 0.6) is 5.88 Å². The van der Waals surface area contributed by atoms with Gasteiger partial charge in [-0.1, -0.05) is 19.9 Å². The number of nitrogens with zero attached hydrogens (tertiary/aromatic N) is 2. The number of hydrogen-bond acceptors (Lipinski definition) is 4. The summed E-state index contributed by atoms with van der Waals surface area (Å²) < 4.78 is 10.7. The molecule has 1 fully saturated rings. The number of guanidine groups is 1. The molecule has 1 saturated carbocycles. The number of methoxy groups -OCH3 is 1. The van der Waals surface area contributed by atoms with E-state index in [-0.39, 0.29) is 0 Å². The molecule has 0 saturated heterocycles. The van der Waals surface area contributed by atoms with Crippen molar-refractivity contribution in [3.05, 3.63) is 23.9 Å². The van der Waals surface area contributed by atoms with Crippen molar-refractivity contribution in [3.63, 3.8) is 0 Å². The Morgan fingerprint density at radius 2 is 2.04 bits per heavy atom. The molecule has 6 heteroatoms. The van der Waals surface area contributed by atoms with Crippen molar-refractivity contribution in [2.24, 2.45) is 16.8 Å². The van der Waals surface area contributed by atoms with Crippen LogP contribution in [0.4, 0.5) is 0 Å². The number of aromatic nitrogens is 1. The van der Waals surface area contributed by atoms with Gasteiger partial charge in [0.1, 0.15) is 6.61 Å². The zero-order chi connectivity index (χ0) is 18.8. The molecule has 0 unspecified atom stereocenters. The second-order valence-electron chi connectivity index (χ2n) is 7.23. The quantitative estimate of drug-likeness (QED) is 0.423. The third kappa shape index (κ3) is 6.48. The van der Waals surface area contributed by atoms with Gasteiger partial charge in [-0.05, 0) is 43.6 Å². The minimum Gasteiger partial charge on any atom is -0.475 e. The lowest BCUT2D eigenvalue weighted by atomic mass is 9.80. The minimum absolute atomic E-state index is 0.493. The Labute approximate surface area is 157 Å². The van der Waals surface area contributed by atoms with Crippen molar-refractivity contribution in [2.45, 2.75) is 52.1 Å². The van der Waals surface area contributed by atoms with E-state index in [2.05, 4.69) is 34.5 Å². The molecule has 0 bridgehead atoms. The molecule has 0 radical (unpaired) electrons. The number of hydrogen-bond donors (Lipinski definition) is 2. The van der Waals surface area contributed by atoms with Crippen molar-refractivity contribution in [2.75, 3.05) is 27.4 Å². The first-order valence-corrected chi connectivity index (χ1v) is 9.66. The maximum atomic E-state index is 5.69. The largest absolute Gasteiger partial charge is 0.475 e. The summed E-state index contributed by atoms with van der Waals surface area (Å²) in [5.41, 5.74) is 1.01. The summed E-state index contributed by atoms with van der Waals surface area (Å²) in [5, 5.41) is 6.95. The lowest BCUT2D eigenvalue weighted by Crippen LogP contribution is -2.44. The Balaban J connectivity index is 1.82. The van der Waals surface area contributed by atoms with Gasteiger partial charge in [0.05, 0.1) is 6.61 Å². The SMILES string of the molecule is CN=C(NCc1cccnc1OCCOC)NC1CCC(C(C)C)CC1. The average Bonchev–Trinajstić information content (AvgIpc) is 2.66. The van der Waals surface area contributed by atoms with Crippen LogP contribution in [0.1, 0.15) is 45.1 Å². The summed E-state index contributed by atoms with van der Waals surface area (Å²) in [6, 6.07) is 4.44. The fourth-order valence-corrected chi connectivity index (χ4v) is 3.41. The molecule has 0 amide bonds. The van der Waals surface area contributed by atoms with Gasteiger partial charge in [-0.15, -0.1) is 0 Å². The Kier molecular flexibility index (Phi) is 8.68. The molecule has 1 aromatic heterocycles. The molecule has 2 rings (SSSR count). The smallest absolute Gasteiger partial charge is 0.218 e. The van der Waals surface area contributed by atoms with Crippen LogP contribution >= 0.6 is 0 Å². The van der Waals surface area contributed by atoms with Gasteiger partial charge in [0.15, 0.2) is 5.96 Å². The van der Waals surface area contributed by atoms with E-state index in [0.717, 1.165) is 23.4 Å². The van der Waals surface area contributed by atoms with E-state index in [1.54, 1.807) is 13.3 Å². The highest BCUT2D eigenvalue weighted by molar-refractivity contribution is 5.80. The molecular weight excluding hydrogens is 328 g/mol. The van der Waals surface area contributed by atoms with Crippen molar-refractivity contribution in [3.8, 4) is 5.88 Å². The van der Waals surface area contributed by atoms with Crippen LogP contribution in [0.25, 0.3) is 0 Å². The third-order valence-electron chi connectivity index (χ3n) is 5.10. The fourth-order valence-electron chi connectivity index (χ4n) is 3.41. The van der Waals surface area contributed by atoms with Crippen LogP contribution in [-0.4, -0.2) is 44.4 Å². The number of pyridine rings is 1. The van der Waals surface area contributed by atoms with Gasteiger partial charge in [0, 0.05) is 38.5 Å². The fraction of sp³-hybridized carbons (Fsp3) is 0.700. The minimum atomic E-state index is 0.493. The third-order valence-corrected chi connectivity index (χ3v) is 5.10. The van der Waals surface area contributed by atoms with Gasteiger partial charge in [-0.3, -0.25) is 4.99 Å². The predicted octanol–water partition coefficient (Wildman–Crippen LogP) is 2.99. The molecule has 0 spiro atoms. The first-order chi connectivity index (χ1) is 12.6. The van der Waals surface area contributed by atoms with E-state index in [4.69, 9.17) is 9.47 Å². The number of ether oxygens (including phenoxy) is 2. The van der Waals surface area contributed by atoms with Crippen LogP contribution in [0.2, 0.25) is 0 Å². The van der Waals surface area contributed by atoms with Crippen molar-refractivity contribution >= 4 is 5.96 Å². The van der Waals surface area contributed by atoms with Gasteiger partial charge in [-0.25, -0.2) is 4.98 Å². The molecule has 26 heavy (non-hydrogen) atoms. The maximum absolute atomic E-state index is 5.69. The number of rotatable bonds is 8. The van der Waals surface area contributed by atoms with Gasteiger partial charge in [-0.2, -0.15) is 0 Å². The summed E-state index contributed by atoms with van der Waals surface area (Å²) in [4.78, 5) is 8.69. The van der Waals surface area contributed by atoms with E-state index in [1.807, 2.05) is 19.2 Å². The summed E-state index contributed by atoms with van der Waals surface area (Å²) in [6.45, 7) is 6.33. The van der Waals surface area contributed by atoms with E-state index in [0.29, 0.717) is 31.7 Å². The van der Waals surface area contributed by atoms with Crippen LogP contribution in [0.3, 0.4) is 0 Å². The summed E-state index contributed by atoms with van der Waals surface area (Å²) in [5.74, 6) is 3.13.